The molecule has 1 aliphatic heterocycles. The number of nitrogens with zero attached hydrogens (tertiary/aromatic N) is 2. The quantitative estimate of drug-likeness (QED) is 0.710. The maximum absolute atomic E-state index is 4.50. The first-order valence-corrected chi connectivity index (χ1v) is 4.60. The van der Waals surface area contributed by atoms with Gasteiger partial charge in [-0.05, 0) is 26.0 Å². The highest BCUT2D eigenvalue weighted by Crippen LogP contribution is 2.14. The second kappa shape index (κ2) is 3.27. The number of nitrogens with one attached hydrogen (secondary N) is 1. The first-order valence-electron chi connectivity index (χ1n) is 4.60. The molecule has 66 valence electrons. The van der Waals surface area contributed by atoms with Gasteiger partial charge >= 0.3 is 0 Å². The zero-order chi connectivity index (χ0) is 8.39. The van der Waals surface area contributed by atoms with E-state index in [0.717, 1.165) is 19.5 Å². The Morgan fingerprint density at radius 1 is 1.67 bits per heavy atom. The molecule has 2 heterocycles. The molecule has 0 radical (unpaired) electrons. The van der Waals surface area contributed by atoms with Gasteiger partial charge in [-0.15, -0.1) is 0 Å². The first kappa shape index (κ1) is 7.80. The molecular weight excluding hydrogens is 150 g/mol. The third-order valence-corrected chi connectivity index (χ3v) is 2.35. The van der Waals surface area contributed by atoms with Crippen LogP contribution in [0.15, 0.2) is 6.07 Å². The van der Waals surface area contributed by atoms with E-state index in [1.165, 1.54) is 24.2 Å². The van der Waals surface area contributed by atoms with Crippen LogP contribution in [0.4, 0.5) is 0 Å². The van der Waals surface area contributed by atoms with Gasteiger partial charge in [0.15, 0.2) is 0 Å². The molecule has 0 amide bonds. The molecule has 0 bridgehead atoms. The van der Waals surface area contributed by atoms with E-state index < -0.39 is 0 Å². The van der Waals surface area contributed by atoms with E-state index in [0.29, 0.717) is 0 Å². The Hall–Kier alpha value is -0.830. The van der Waals surface area contributed by atoms with Crippen LogP contribution in [0.3, 0.4) is 0 Å². The molecule has 0 aliphatic carbocycles. The third kappa shape index (κ3) is 1.37. The molecule has 0 spiro atoms. The van der Waals surface area contributed by atoms with Crippen molar-refractivity contribution in [2.45, 2.75) is 25.8 Å². The van der Waals surface area contributed by atoms with Crippen LogP contribution in [0, 0.1) is 0 Å². The van der Waals surface area contributed by atoms with E-state index in [1.54, 1.807) is 0 Å². The van der Waals surface area contributed by atoms with Crippen molar-refractivity contribution in [3.8, 4) is 0 Å². The molecule has 0 saturated carbocycles. The third-order valence-electron chi connectivity index (χ3n) is 2.35. The lowest BCUT2D eigenvalue weighted by atomic mass is 10.2. The van der Waals surface area contributed by atoms with Crippen LogP contribution in [-0.2, 0) is 19.4 Å². The molecule has 1 aromatic heterocycles. The van der Waals surface area contributed by atoms with Gasteiger partial charge in [-0.2, -0.15) is 5.10 Å². The minimum Gasteiger partial charge on any atom is -0.319 e. The van der Waals surface area contributed by atoms with Crippen molar-refractivity contribution < 1.29 is 0 Å². The van der Waals surface area contributed by atoms with Crippen LogP contribution < -0.4 is 5.32 Å². The van der Waals surface area contributed by atoms with Crippen molar-refractivity contribution in [1.29, 1.82) is 0 Å². The molecule has 1 aliphatic rings. The summed E-state index contributed by atoms with van der Waals surface area (Å²) in [5.74, 6) is 0. The highest BCUT2D eigenvalue weighted by Gasteiger charge is 2.12. The molecule has 0 aromatic carbocycles. The summed E-state index contributed by atoms with van der Waals surface area (Å²) in [5.41, 5.74) is 2.65. The summed E-state index contributed by atoms with van der Waals surface area (Å²) in [6.45, 7) is 2.14. The van der Waals surface area contributed by atoms with Crippen LogP contribution >= 0.6 is 0 Å². The Balaban J connectivity index is 2.05. The molecular formula is C9H15N3. The fraction of sp³-hybridized carbons (Fsp3) is 0.667. The number of hydrogen-bond donors (Lipinski definition) is 1. The number of fused-ring (bicyclic) bond motifs is 1. The van der Waals surface area contributed by atoms with Gasteiger partial charge in [0, 0.05) is 25.2 Å². The minimum atomic E-state index is 1.02. The highest BCUT2D eigenvalue weighted by atomic mass is 15.3. The molecule has 3 heteroatoms. The maximum Gasteiger partial charge on any atom is 0.0640 e. The summed E-state index contributed by atoms with van der Waals surface area (Å²) in [6.07, 6.45) is 3.54. The summed E-state index contributed by atoms with van der Waals surface area (Å²) in [4.78, 5) is 0. The SMILES string of the molecule is CNCCc1cc2n(n1)CCC2. The van der Waals surface area contributed by atoms with Crippen molar-refractivity contribution in [3.63, 3.8) is 0 Å². The number of aromatic nitrogens is 2. The highest BCUT2D eigenvalue weighted by molar-refractivity contribution is 5.13. The van der Waals surface area contributed by atoms with Crippen molar-refractivity contribution in [3.05, 3.63) is 17.5 Å². The second-order valence-corrected chi connectivity index (χ2v) is 3.31. The van der Waals surface area contributed by atoms with Gasteiger partial charge in [-0.3, -0.25) is 4.68 Å². The summed E-state index contributed by atoms with van der Waals surface area (Å²) in [6, 6.07) is 2.24. The van der Waals surface area contributed by atoms with Gasteiger partial charge in [0.1, 0.15) is 0 Å². The van der Waals surface area contributed by atoms with E-state index in [1.807, 2.05) is 7.05 Å². The van der Waals surface area contributed by atoms with Gasteiger partial charge in [0.25, 0.3) is 0 Å². The first-order chi connectivity index (χ1) is 5.90. The van der Waals surface area contributed by atoms with Crippen LogP contribution in [-0.4, -0.2) is 23.4 Å². The molecule has 1 aromatic rings. The fourth-order valence-corrected chi connectivity index (χ4v) is 1.69. The lowest BCUT2D eigenvalue weighted by Crippen LogP contribution is -2.10. The van der Waals surface area contributed by atoms with E-state index in [4.69, 9.17) is 0 Å². The van der Waals surface area contributed by atoms with Gasteiger partial charge < -0.3 is 5.32 Å². The zero-order valence-corrected chi connectivity index (χ0v) is 7.51. The topological polar surface area (TPSA) is 29.9 Å². The summed E-state index contributed by atoms with van der Waals surface area (Å²) < 4.78 is 2.14. The lowest BCUT2D eigenvalue weighted by Gasteiger charge is -1.95. The zero-order valence-electron chi connectivity index (χ0n) is 7.51. The molecule has 2 rings (SSSR count). The van der Waals surface area contributed by atoms with Crippen LogP contribution in [0.1, 0.15) is 17.8 Å². The van der Waals surface area contributed by atoms with Crippen molar-refractivity contribution in [1.82, 2.24) is 15.1 Å². The molecule has 0 unspecified atom stereocenters. The monoisotopic (exact) mass is 165 g/mol. The number of likely N-dealkylation sites (N-methyl/N-ethyl adjacent to an activating group) is 1. The van der Waals surface area contributed by atoms with Crippen molar-refractivity contribution in [2.75, 3.05) is 13.6 Å². The average Bonchev–Trinajstić information content (AvgIpc) is 2.58. The van der Waals surface area contributed by atoms with E-state index in [-0.39, 0.29) is 0 Å². The smallest absolute Gasteiger partial charge is 0.0640 e. The average molecular weight is 165 g/mol. The summed E-state index contributed by atoms with van der Waals surface area (Å²) in [7, 11) is 1.98. The Labute approximate surface area is 72.8 Å². The minimum absolute atomic E-state index is 1.02. The predicted molar refractivity (Wildman–Crippen MR) is 48.2 cm³/mol. The van der Waals surface area contributed by atoms with E-state index >= 15 is 0 Å². The van der Waals surface area contributed by atoms with Gasteiger partial charge in [-0.25, -0.2) is 0 Å². The molecule has 1 N–H and O–H groups in total. The predicted octanol–water partition coefficient (Wildman–Crippen LogP) is 0.591. The fourth-order valence-electron chi connectivity index (χ4n) is 1.69. The standard InChI is InChI=1S/C9H15N3/c1-10-5-4-8-7-9-3-2-6-12(9)11-8/h7,10H,2-6H2,1H3. The maximum atomic E-state index is 4.50. The molecule has 0 saturated heterocycles. The van der Waals surface area contributed by atoms with Crippen LogP contribution in [0.25, 0.3) is 0 Å². The lowest BCUT2D eigenvalue weighted by molar-refractivity contribution is 0.638. The van der Waals surface area contributed by atoms with Gasteiger partial charge in [0.2, 0.25) is 0 Å². The Bertz CT molecular complexity index is 243. The molecule has 12 heavy (non-hydrogen) atoms. The van der Waals surface area contributed by atoms with Crippen LogP contribution in [0.2, 0.25) is 0 Å². The van der Waals surface area contributed by atoms with Crippen molar-refractivity contribution >= 4 is 0 Å². The molecule has 0 fully saturated rings. The number of rotatable bonds is 3. The van der Waals surface area contributed by atoms with Crippen molar-refractivity contribution in [2.24, 2.45) is 0 Å². The largest absolute Gasteiger partial charge is 0.319 e. The van der Waals surface area contributed by atoms with Gasteiger partial charge in [-0.1, -0.05) is 0 Å². The van der Waals surface area contributed by atoms with E-state index in [9.17, 15) is 0 Å². The molecule has 3 nitrogen and oxygen atoms in total. The Kier molecular flexibility index (Phi) is 2.13. The normalized spacial score (nSPS) is 15.1. The van der Waals surface area contributed by atoms with Gasteiger partial charge in [0.05, 0.1) is 5.69 Å². The summed E-state index contributed by atoms with van der Waals surface area (Å²) >= 11 is 0. The summed E-state index contributed by atoms with van der Waals surface area (Å²) in [5, 5.41) is 7.64. The Morgan fingerprint density at radius 3 is 3.33 bits per heavy atom. The number of hydrogen-bond acceptors (Lipinski definition) is 2. The van der Waals surface area contributed by atoms with Crippen LogP contribution in [0.5, 0.6) is 0 Å². The molecule has 0 atom stereocenters. The van der Waals surface area contributed by atoms with E-state index in [2.05, 4.69) is 21.2 Å². The second-order valence-electron chi connectivity index (χ2n) is 3.31. The Morgan fingerprint density at radius 2 is 2.58 bits per heavy atom. The number of aryl methyl sites for hydroxylation is 2.